The van der Waals surface area contributed by atoms with Crippen molar-refractivity contribution in [1.82, 2.24) is 0 Å². The van der Waals surface area contributed by atoms with Gasteiger partial charge >= 0.3 is 0 Å². The maximum atomic E-state index is 11.7. The molecule has 4 saturated carbocycles. The first-order valence-electron chi connectivity index (χ1n) is 12.6. The molecule has 0 aromatic heterocycles. The molecule has 0 bridgehead atoms. The number of hydrogen-bond donors (Lipinski definition) is 3. The van der Waals surface area contributed by atoms with Crippen LogP contribution in [0.25, 0.3) is 0 Å². The lowest BCUT2D eigenvalue weighted by Gasteiger charge is -2.64. The molecule has 0 heterocycles. The highest BCUT2D eigenvalue weighted by Gasteiger charge is 2.64. The van der Waals surface area contributed by atoms with Crippen LogP contribution >= 0.6 is 0 Å². The predicted octanol–water partition coefficient (Wildman–Crippen LogP) is 4.25. The fourth-order valence-corrected chi connectivity index (χ4v) is 10.1. The summed E-state index contributed by atoms with van der Waals surface area (Å²) >= 11 is 0. The second kappa shape index (κ2) is 8.33. The van der Waals surface area contributed by atoms with Gasteiger partial charge < -0.3 is 10.2 Å². The van der Waals surface area contributed by atoms with Gasteiger partial charge in [-0.2, -0.15) is 0 Å². The zero-order valence-corrected chi connectivity index (χ0v) is 20.3. The van der Waals surface area contributed by atoms with Crippen LogP contribution in [0, 0.1) is 52.3 Å². The van der Waals surface area contributed by atoms with E-state index >= 15 is 0 Å². The fraction of sp³-hybridized carbons (Fsp3) is 1.00. The topological polar surface area (TPSA) is 74.6 Å². The van der Waals surface area contributed by atoms with Crippen molar-refractivity contribution >= 4 is 10.7 Å². The molecule has 0 aromatic rings. The molecule has 2 N–H and O–H groups in total. The largest absolute Gasteiger partial charge is 0.393 e. The second-order valence-electron chi connectivity index (χ2n) is 11.9. The highest BCUT2D eigenvalue weighted by Crippen LogP contribution is 2.69. The van der Waals surface area contributed by atoms with Gasteiger partial charge in [-0.05, 0) is 104 Å². The van der Waals surface area contributed by atoms with Crippen molar-refractivity contribution in [3.63, 3.8) is 0 Å². The van der Waals surface area contributed by atoms with E-state index in [4.69, 9.17) is 0 Å². The minimum atomic E-state index is -2.29. The maximum absolute atomic E-state index is 11.7. The third-order valence-electron chi connectivity index (χ3n) is 10.9. The molecule has 4 fully saturated rings. The Balaban J connectivity index is 1.62. The maximum Gasteiger partial charge on any atom is 0.140 e. The van der Waals surface area contributed by atoms with Crippen LogP contribution in [0.3, 0.4) is 0 Å². The average molecular weight is 441 g/mol. The van der Waals surface area contributed by atoms with Crippen LogP contribution in [-0.2, 0) is 10.7 Å². The van der Waals surface area contributed by atoms with Gasteiger partial charge in [-0.25, -0.2) is 8.42 Å². The van der Waals surface area contributed by atoms with E-state index in [0.717, 1.165) is 32.1 Å². The molecule has 174 valence electrons. The van der Waals surface area contributed by atoms with Gasteiger partial charge in [-0.1, -0.05) is 34.1 Å². The minimum absolute atomic E-state index is 0.195. The van der Waals surface area contributed by atoms with Crippen LogP contribution in [0.2, 0.25) is 0 Å². The van der Waals surface area contributed by atoms with Crippen LogP contribution in [0.5, 0.6) is 0 Å². The van der Waals surface area contributed by atoms with Crippen LogP contribution in [0.4, 0.5) is 0 Å². The van der Waals surface area contributed by atoms with Crippen molar-refractivity contribution < 1.29 is 18.6 Å². The predicted molar refractivity (Wildman–Crippen MR) is 121 cm³/mol. The van der Waals surface area contributed by atoms with Crippen molar-refractivity contribution in [2.45, 2.75) is 97.7 Å². The second-order valence-corrected chi connectivity index (χ2v) is 13.1. The number of rotatable bonds is 5. The van der Waals surface area contributed by atoms with Crippen LogP contribution in [-0.4, -0.2) is 36.6 Å². The first kappa shape index (κ1) is 23.0. The summed E-state index contributed by atoms with van der Waals surface area (Å²) in [5.41, 5.74) is 0.474. The molecule has 0 aromatic carbocycles. The highest BCUT2D eigenvalue weighted by molar-refractivity contribution is 7.72. The Hall–Kier alpha value is -0.130. The minimum Gasteiger partial charge on any atom is -0.393 e. The molecule has 0 radical (unpaired) electrons. The number of aliphatic hydroxyl groups is 2. The van der Waals surface area contributed by atoms with Gasteiger partial charge in [0.2, 0.25) is 0 Å². The number of fused-ring (bicyclic) bond motifs is 5. The van der Waals surface area contributed by atoms with Gasteiger partial charge in [0.15, 0.2) is 0 Å². The van der Waals surface area contributed by atoms with Crippen molar-refractivity contribution in [2.24, 2.45) is 52.3 Å². The molecule has 5 heteroatoms. The van der Waals surface area contributed by atoms with E-state index in [0.29, 0.717) is 47.2 Å². The monoisotopic (exact) mass is 440 g/mol. The number of aliphatic hydroxyl groups excluding tert-OH is 2. The Kier molecular flexibility index (Phi) is 6.40. The molecule has 0 amide bonds. The summed E-state index contributed by atoms with van der Waals surface area (Å²) in [5, 5.41) is 22.1. The molecular weight excluding hydrogens is 396 g/mol. The first-order valence-corrected chi connectivity index (χ1v) is 14.0. The van der Waals surface area contributed by atoms with Gasteiger partial charge in [0.1, 0.15) is 10.7 Å². The van der Waals surface area contributed by atoms with E-state index in [1.165, 1.54) is 25.7 Å². The summed E-state index contributed by atoms with van der Waals surface area (Å²) in [6.07, 6.45) is 8.98. The first-order chi connectivity index (χ1) is 14.1. The van der Waals surface area contributed by atoms with Gasteiger partial charge in [0.25, 0.3) is 0 Å². The zero-order valence-electron chi connectivity index (χ0n) is 19.4. The molecule has 4 rings (SSSR count). The lowest BCUT2D eigenvalue weighted by molar-refractivity contribution is -0.203. The van der Waals surface area contributed by atoms with E-state index in [1.807, 2.05) is 0 Å². The van der Waals surface area contributed by atoms with Gasteiger partial charge in [-0.15, -0.1) is 0 Å². The summed E-state index contributed by atoms with van der Waals surface area (Å²) < 4.78 is 22.3. The number of thiol groups is 1. The highest BCUT2D eigenvalue weighted by atomic mass is 32.2. The lowest BCUT2D eigenvalue weighted by atomic mass is 9.41. The Bertz CT molecular complexity index is 699. The van der Waals surface area contributed by atoms with Crippen molar-refractivity contribution in [1.29, 1.82) is 0 Å². The SMILES string of the molecule is CC[C@H]1[C@@H](O)[C@@H]2[C@H](CC[C@]3(C)[C@@H]([C@H](C)CC[SH](=O)=O)CC[C@@H]23)[C@@]2(C)CC[C@@H](O)C[C@@H]12. The lowest BCUT2D eigenvalue weighted by Crippen LogP contribution is -2.62. The Morgan fingerprint density at radius 3 is 2.30 bits per heavy atom. The van der Waals surface area contributed by atoms with Crippen LogP contribution < -0.4 is 0 Å². The molecule has 0 unspecified atom stereocenters. The molecule has 30 heavy (non-hydrogen) atoms. The summed E-state index contributed by atoms with van der Waals surface area (Å²) in [6.45, 7) is 9.43. The normalized spacial score (nSPS) is 51.8. The summed E-state index contributed by atoms with van der Waals surface area (Å²) in [5.74, 6) is 3.55. The molecule has 4 nitrogen and oxygen atoms in total. The quantitative estimate of drug-likeness (QED) is 0.559. The van der Waals surface area contributed by atoms with Crippen molar-refractivity contribution in [3.8, 4) is 0 Å². The van der Waals surface area contributed by atoms with E-state index in [9.17, 15) is 18.6 Å². The van der Waals surface area contributed by atoms with Gasteiger partial charge in [-0.3, -0.25) is 0 Å². The van der Waals surface area contributed by atoms with E-state index in [2.05, 4.69) is 27.7 Å². The molecule has 0 saturated heterocycles. The Morgan fingerprint density at radius 1 is 0.967 bits per heavy atom. The van der Waals surface area contributed by atoms with Gasteiger partial charge in [0, 0.05) is 5.75 Å². The van der Waals surface area contributed by atoms with E-state index in [1.54, 1.807) is 0 Å². The fourth-order valence-electron chi connectivity index (χ4n) is 9.44. The number of hydrogen-bond acceptors (Lipinski definition) is 4. The molecule has 0 aliphatic heterocycles. The Labute approximate surface area is 185 Å². The molecule has 11 atom stereocenters. The van der Waals surface area contributed by atoms with Crippen LogP contribution in [0.15, 0.2) is 0 Å². The third-order valence-corrected chi connectivity index (χ3v) is 11.5. The van der Waals surface area contributed by atoms with Crippen LogP contribution in [0.1, 0.15) is 85.5 Å². The van der Waals surface area contributed by atoms with Crippen molar-refractivity contribution in [2.75, 3.05) is 5.75 Å². The summed E-state index contributed by atoms with van der Waals surface area (Å²) in [7, 11) is -2.29. The molecular formula is C25H44O4S. The van der Waals surface area contributed by atoms with E-state index < -0.39 is 10.7 Å². The molecule has 0 spiro atoms. The Morgan fingerprint density at radius 2 is 1.63 bits per heavy atom. The zero-order chi connectivity index (χ0) is 21.8. The van der Waals surface area contributed by atoms with Crippen molar-refractivity contribution in [3.05, 3.63) is 0 Å². The summed E-state index contributed by atoms with van der Waals surface area (Å²) in [4.78, 5) is 0. The average Bonchev–Trinajstić information content (AvgIpc) is 3.05. The molecule has 4 aliphatic rings. The molecule has 4 aliphatic carbocycles. The summed E-state index contributed by atoms with van der Waals surface area (Å²) in [6, 6.07) is 0. The van der Waals surface area contributed by atoms with E-state index in [-0.39, 0.29) is 23.0 Å². The standard InChI is InChI=1S/C25H44O4S/c1-5-17-21-14-16(26)8-11-25(21,4)20-9-12-24(3)18(15(2)10-13-30(28)29)6-7-19(24)22(20)23(17)27/h15-23,26-27,30H,5-14H2,1-4H3/t15-,16-,17-,18-,19+,20+,21+,22+,23-,24-,25-/m1/s1. The smallest absolute Gasteiger partial charge is 0.140 e. The third kappa shape index (κ3) is 3.50. The van der Waals surface area contributed by atoms with Gasteiger partial charge in [0.05, 0.1) is 12.2 Å².